The van der Waals surface area contributed by atoms with E-state index in [1.807, 2.05) is 48.5 Å². The van der Waals surface area contributed by atoms with Crippen LogP contribution < -0.4 is 21.3 Å². The third kappa shape index (κ3) is 11.8. The molecule has 4 rings (SSSR count). The van der Waals surface area contributed by atoms with Crippen LogP contribution in [0.3, 0.4) is 0 Å². The first-order valence-electron chi connectivity index (χ1n) is 16.8. The summed E-state index contributed by atoms with van der Waals surface area (Å²) in [5.74, 6) is -0.862. The van der Waals surface area contributed by atoms with Crippen LogP contribution in [-0.2, 0) is 25.6 Å². The van der Waals surface area contributed by atoms with E-state index in [1.165, 1.54) is 0 Å². The maximum absolute atomic E-state index is 13.5. The van der Waals surface area contributed by atoms with Crippen molar-refractivity contribution in [3.63, 3.8) is 0 Å². The molecule has 1 atom stereocenters. The van der Waals surface area contributed by atoms with Crippen LogP contribution in [0, 0.1) is 0 Å². The molecular formula is C38H47N5O8. The van der Waals surface area contributed by atoms with Crippen molar-refractivity contribution >= 4 is 35.8 Å². The molecule has 4 amide bonds. The summed E-state index contributed by atoms with van der Waals surface area (Å²) < 4.78 is 16.3. The summed E-state index contributed by atoms with van der Waals surface area (Å²) in [6.45, 7) is 10.1. The van der Waals surface area contributed by atoms with E-state index in [0.29, 0.717) is 11.3 Å². The van der Waals surface area contributed by atoms with Crippen LogP contribution in [0.4, 0.5) is 20.1 Å². The van der Waals surface area contributed by atoms with Gasteiger partial charge in [-0.25, -0.2) is 14.4 Å². The number of carbonyl (C=O) groups excluding carboxylic acids is 4. The topological polar surface area (TPSA) is 177 Å². The lowest BCUT2D eigenvalue weighted by Gasteiger charge is -2.22. The van der Waals surface area contributed by atoms with Crippen LogP contribution in [0.15, 0.2) is 77.8 Å². The molecule has 0 heterocycles. The van der Waals surface area contributed by atoms with Gasteiger partial charge in [0.05, 0.1) is 6.61 Å². The van der Waals surface area contributed by atoms with Crippen LogP contribution >= 0.6 is 0 Å². The number of ether oxygens (including phenoxy) is 3. The summed E-state index contributed by atoms with van der Waals surface area (Å²) in [6.07, 6.45) is -2.06. The van der Waals surface area contributed by atoms with Crippen molar-refractivity contribution in [2.24, 2.45) is 4.99 Å². The van der Waals surface area contributed by atoms with E-state index >= 15 is 0 Å². The highest BCUT2D eigenvalue weighted by Crippen LogP contribution is 2.44. The van der Waals surface area contributed by atoms with E-state index in [-0.39, 0.29) is 44.5 Å². The zero-order chi connectivity index (χ0) is 37.2. The summed E-state index contributed by atoms with van der Waals surface area (Å²) in [7, 11) is 0. The summed E-state index contributed by atoms with van der Waals surface area (Å²) in [5, 5.41) is 19.7. The number of nitrogens with one attached hydrogen (secondary N) is 4. The summed E-state index contributed by atoms with van der Waals surface area (Å²) in [5.41, 5.74) is 3.84. The van der Waals surface area contributed by atoms with Gasteiger partial charge in [0, 0.05) is 18.2 Å². The average Bonchev–Trinajstić information content (AvgIpc) is 3.37. The van der Waals surface area contributed by atoms with Crippen molar-refractivity contribution in [2.45, 2.75) is 84.2 Å². The first kappa shape index (κ1) is 38.4. The monoisotopic (exact) mass is 701 g/mol. The number of aliphatic hydroxyl groups excluding tert-OH is 1. The van der Waals surface area contributed by atoms with Gasteiger partial charge in [-0.3, -0.25) is 20.4 Å². The predicted molar refractivity (Wildman–Crippen MR) is 193 cm³/mol. The molecule has 0 spiro atoms. The van der Waals surface area contributed by atoms with E-state index in [2.05, 4.69) is 26.3 Å². The van der Waals surface area contributed by atoms with Crippen molar-refractivity contribution in [3.8, 4) is 11.1 Å². The molecular weight excluding hydrogens is 654 g/mol. The highest BCUT2D eigenvalue weighted by Gasteiger charge is 2.30. The second kappa shape index (κ2) is 17.0. The SMILES string of the molecule is CC(C)(C)OC(=O)NC(=NCCC[C@H](NC(=O)OCC1c2ccccc2-c2ccccc21)C(=O)Nc1ccc(CO)cc1)NC(=O)OC(C)(C)C. The van der Waals surface area contributed by atoms with E-state index < -0.39 is 41.4 Å². The molecule has 0 unspecified atom stereocenters. The lowest BCUT2D eigenvalue weighted by Crippen LogP contribution is -2.47. The van der Waals surface area contributed by atoms with Crippen molar-refractivity contribution in [3.05, 3.63) is 89.5 Å². The molecule has 272 valence electrons. The maximum atomic E-state index is 13.5. The summed E-state index contributed by atoms with van der Waals surface area (Å²) in [4.78, 5) is 55.9. The normalized spacial score (nSPS) is 12.8. The minimum atomic E-state index is -1.03. The van der Waals surface area contributed by atoms with E-state index in [9.17, 15) is 24.3 Å². The molecule has 0 bridgehead atoms. The van der Waals surface area contributed by atoms with Gasteiger partial charge in [0.1, 0.15) is 23.9 Å². The molecule has 1 aliphatic rings. The van der Waals surface area contributed by atoms with Crippen LogP contribution in [0.2, 0.25) is 0 Å². The van der Waals surface area contributed by atoms with Gasteiger partial charge in [0.25, 0.3) is 0 Å². The molecule has 0 aromatic heterocycles. The zero-order valence-corrected chi connectivity index (χ0v) is 29.9. The number of guanidine groups is 1. The lowest BCUT2D eigenvalue weighted by molar-refractivity contribution is -0.118. The number of amides is 4. The minimum Gasteiger partial charge on any atom is -0.449 e. The number of hydrogen-bond donors (Lipinski definition) is 5. The van der Waals surface area contributed by atoms with Crippen LogP contribution in [0.25, 0.3) is 11.1 Å². The highest BCUT2D eigenvalue weighted by atomic mass is 16.6. The molecule has 0 fully saturated rings. The average molecular weight is 702 g/mol. The lowest BCUT2D eigenvalue weighted by atomic mass is 9.98. The smallest absolute Gasteiger partial charge is 0.414 e. The number of benzene rings is 3. The van der Waals surface area contributed by atoms with Crippen LogP contribution in [0.1, 0.15) is 77.0 Å². The molecule has 51 heavy (non-hydrogen) atoms. The van der Waals surface area contributed by atoms with Crippen molar-refractivity contribution in [2.75, 3.05) is 18.5 Å². The number of alkyl carbamates (subject to hydrolysis) is 3. The zero-order valence-electron chi connectivity index (χ0n) is 29.9. The van der Waals surface area contributed by atoms with Gasteiger partial charge < -0.3 is 30.0 Å². The Morgan fingerprint density at radius 2 is 1.29 bits per heavy atom. The van der Waals surface area contributed by atoms with Crippen LogP contribution in [-0.4, -0.2) is 65.6 Å². The molecule has 5 N–H and O–H groups in total. The number of carbonyl (C=O) groups is 4. The molecule has 13 heteroatoms. The molecule has 13 nitrogen and oxygen atoms in total. The fourth-order valence-electron chi connectivity index (χ4n) is 5.37. The Balaban J connectivity index is 1.44. The standard InChI is InChI=1S/C38H47N5O8/c1-37(2,3)50-35(47)42-33(43-36(48)51-38(4,5)6)39-21-11-16-31(32(45)40-25-19-17-24(22-44)18-20-25)41-34(46)49-23-30-28-14-9-7-12-26(28)27-13-8-10-15-29(27)30/h7-10,12-15,17-20,30-31,44H,11,16,21-23H2,1-6H3,(H,40,45)(H,41,46)(H2,39,42,43,47,48)/t31-/m0/s1. The molecule has 3 aromatic carbocycles. The second-order valence-electron chi connectivity index (χ2n) is 14.0. The largest absolute Gasteiger partial charge is 0.449 e. The van der Waals surface area contributed by atoms with Gasteiger partial charge in [-0.05, 0) is 94.3 Å². The fourth-order valence-corrected chi connectivity index (χ4v) is 5.37. The Hall–Kier alpha value is -5.43. The van der Waals surface area contributed by atoms with Gasteiger partial charge in [-0.15, -0.1) is 0 Å². The molecule has 0 radical (unpaired) electrons. The van der Waals surface area contributed by atoms with Crippen LogP contribution in [0.5, 0.6) is 0 Å². The van der Waals surface area contributed by atoms with Crippen molar-refractivity contribution in [1.29, 1.82) is 0 Å². The Morgan fingerprint density at radius 3 is 1.80 bits per heavy atom. The second-order valence-corrected chi connectivity index (χ2v) is 14.0. The van der Waals surface area contributed by atoms with Gasteiger partial charge in [0.15, 0.2) is 0 Å². The molecule has 1 aliphatic carbocycles. The van der Waals surface area contributed by atoms with Gasteiger partial charge in [-0.1, -0.05) is 60.7 Å². The van der Waals surface area contributed by atoms with Gasteiger partial charge in [-0.2, -0.15) is 0 Å². The first-order chi connectivity index (χ1) is 24.1. The third-order valence-electron chi connectivity index (χ3n) is 7.52. The number of aliphatic imine (C=N–C) groups is 1. The van der Waals surface area contributed by atoms with Crippen molar-refractivity contribution in [1.82, 2.24) is 16.0 Å². The van der Waals surface area contributed by atoms with E-state index in [1.54, 1.807) is 65.8 Å². The number of hydrogen-bond acceptors (Lipinski definition) is 9. The Labute approximate surface area is 298 Å². The first-order valence-corrected chi connectivity index (χ1v) is 16.8. The minimum absolute atomic E-state index is 0.0439. The molecule has 0 saturated heterocycles. The maximum Gasteiger partial charge on any atom is 0.414 e. The Bertz CT molecular complexity index is 1650. The molecule has 0 aliphatic heterocycles. The quantitative estimate of drug-likeness (QED) is 0.0717. The third-order valence-corrected chi connectivity index (χ3v) is 7.52. The summed E-state index contributed by atoms with van der Waals surface area (Å²) >= 11 is 0. The Kier molecular flexibility index (Phi) is 12.8. The number of rotatable bonds is 10. The van der Waals surface area contributed by atoms with Gasteiger partial charge in [0.2, 0.25) is 11.9 Å². The molecule has 3 aromatic rings. The van der Waals surface area contributed by atoms with Gasteiger partial charge >= 0.3 is 18.3 Å². The van der Waals surface area contributed by atoms with E-state index in [0.717, 1.165) is 22.3 Å². The number of aliphatic hydroxyl groups is 1. The number of anilines is 1. The van der Waals surface area contributed by atoms with E-state index in [4.69, 9.17) is 14.2 Å². The molecule has 0 saturated carbocycles. The number of nitrogens with zero attached hydrogens (tertiary/aromatic N) is 1. The highest BCUT2D eigenvalue weighted by molar-refractivity contribution is 6.01. The predicted octanol–water partition coefficient (Wildman–Crippen LogP) is 6.21. The number of fused-ring (bicyclic) bond motifs is 3. The Morgan fingerprint density at radius 1 is 0.765 bits per heavy atom. The summed E-state index contributed by atoms with van der Waals surface area (Å²) in [6, 6.07) is 21.6. The van der Waals surface area contributed by atoms with Crippen molar-refractivity contribution < 1.29 is 38.5 Å². The fraction of sp³-hybridized carbons (Fsp3) is 0.395.